The Balaban J connectivity index is 3.94. The van der Waals surface area contributed by atoms with Crippen molar-refractivity contribution < 1.29 is 0 Å². The van der Waals surface area contributed by atoms with E-state index in [2.05, 4.69) is 25.7 Å². The highest BCUT2D eigenvalue weighted by Crippen LogP contribution is 2.04. The summed E-state index contributed by atoms with van der Waals surface area (Å²) in [6.07, 6.45) is 3.51. The Bertz CT molecular complexity index is 145. The number of hydrogen-bond donors (Lipinski definition) is 2. The number of nitrogens with one attached hydrogen (secondary N) is 1. The molecule has 0 heterocycles. The van der Waals surface area contributed by atoms with Crippen LogP contribution < -0.4 is 5.73 Å². The molecule has 0 aliphatic heterocycles. The van der Waals surface area contributed by atoms with Crippen LogP contribution in [0.5, 0.6) is 0 Å². The van der Waals surface area contributed by atoms with Gasteiger partial charge in [0.25, 0.3) is 0 Å². The van der Waals surface area contributed by atoms with Crippen LogP contribution in [0, 0.1) is 5.41 Å². The van der Waals surface area contributed by atoms with E-state index in [4.69, 9.17) is 11.1 Å². The van der Waals surface area contributed by atoms with Crippen molar-refractivity contribution in [3.63, 3.8) is 0 Å². The SMILES string of the molecule is CCCCN(CC(=N)N)C(C)CC. The highest BCUT2D eigenvalue weighted by molar-refractivity contribution is 5.78. The maximum Gasteiger partial charge on any atom is 0.105 e. The smallest absolute Gasteiger partial charge is 0.105 e. The van der Waals surface area contributed by atoms with E-state index in [9.17, 15) is 0 Å². The van der Waals surface area contributed by atoms with Crippen molar-refractivity contribution in [1.29, 1.82) is 5.41 Å². The first kappa shape index (κ1) is 12.4. The van der Waals surface area contributed by atoms with Gasteiger partial charge in [-0.15, -0.1) is 0 Å². The minimum atomic E-state index is 0.274. The first-order valence-corrected chi connectivity index (χ1v) is 5.18. The summed E-state index contributed by atoms with van der Waals surface area (Å²) >= 11 is 0. The Morgan fingerprint density at radius 1 is 1.46 bits per heavy atom. The minimum Gasteiger partial charge on any atom is -0.387 e. The molecule has 0 saturated carbocycles. The molecule has 3 nitrogen and oxygen atoms in total. The molecule has 0 amide bonds. The van der Waals surface area contributed by atoms with Crippen molar-refractivity contribution in [2.75, 3.05) is 13.1 Å². The second-order valence-electron chi connectivity index (χ2n) is 3.61. The van der Waals surface area contributed by atoms with Crippen LogP contribution in [0.2, 0.25) is 0 Å². The monoisotopic (exact) mass is 185 g/mol. The van der Waals surface area contributed by atoms with Crippen molar-refractivity contribution >= 4 is 5.84 Å². The molecule has 1 unspecified atom stereocenters. The largest absolute Gasteiger partial charge is 0.387 e. The first-order valence-electron chi connectivity index (χ1n) is 5.18. The van der Waals surface area contributed by atoms with Crippen LogP contribution in [0.25, 0.3) is 0 Å². The van der Waals surface area contributed by atoms with Gasteiger partial charge in [-0.1, -0.05) is 20.3 Å². The average molecular weight is 185 g/mol. The van der Waals surface area contributed by atoms with E-state index in [-0.39, 0.29) is 5.84 Å². The van der Waals surface area contributed by atoms with Crippen LogP contribution in [0.4, 0.5) is 0 Å². The highest BCUT2D eigenvalue weighted by atomic mass is 15.2. The molecule has 0 aliphatic carbocycles. The molecule has 0 radical (unpaired) electrons. The molecule has 0 spiro atoms. The fourth-order valence-electron chi connectivity index (χ4n) is 1.29. The molecule has 1 atom stereocenters. The third kappa shape index (κ3) is 5.64. The molecule has 0 saturated heterocycles. The number of rotatable bonds is 7. The zero-order valence-corrected chi connectivity index (χ0v) is 9.14. The molecule has 0 aromatic carbocycles. The van der Waals surface area contributed by atoms with Crippen molar-refractivity contribution in [3.8, 4) is 0 Å². The summed E-state index contributed by atoms with van der Waals surface area (Å²) in [6.45, 7) is 8.23. The highest BCUT2D eigenvalue weighted by Gasteiger charge is 2.11. The lowest BCUT2D eigenvalue weighted by Gasteiger charge is -2.27. The van der Waals surface area contributed by atoms with Gasteiger partial charge in [-0.2, -0.15) is 0 Å². The molecular weight excluding hydrogens is 162 g/mol. The Morgan fingerprint density at radius 3 is 2.46 bits per heavy atom. The van der Waals surface area contributed by atoms with Gasteiger partial charge in [-0.05, 0) is 26.3 Å². The predicted molar refractivity (Wildman–Crippen MR) is 58.1 cm³/mol. The Morgan fingerprint density at radius 2 is 2.08 bits per heavy atom. The van der Waals surface area contributed by atoms with E-state index < -0.39 is 0 Å². The zero-order chi connectivity index (χ0) is 10.3. The van der Waals surface area contributed by atoms with Crippen molar-refractivity contribution in [2.24, 2.45) is 5.73 Å². The minimum absolute atomic E-state index is 0.274. The topological polar surface area (TPSA) is 53.1 Å². The van der Waals surface area contributed by atoms with E-state index in [0.29, 0.717) is 12.6 Å². The van der Waals surface area contributed by atoms with Crippen LogP contribution in [0.1, 0.15) is 40.0 Å². The summed E-state index contributed by atoms with van der Waals surface area (Å²) in [5, 5.41) is 7.26. The fraction of sp³-hybridized carbons (Fsp3) is 0.900. The van der Waals surface area contributed by atoms with Gasteiger partial charge >= 0.3 is 0 Å². The third-order valence-corrected chi connectivity index (χ3v) is 2.39. The maximum atomic E-state index is 7.26. The lowest BCUT2D eigenvalue weighted by atomic mass is 10.2. The van der Waals surface area contributed by atoms with Crippen LogP contribution in [-0.4, -0.2) is 29.9 Å². The molecule has 78 valence electrons. The summed E-state index contributed by atoms with van der Waals surface area (Å²) in [4.78, 5) is 2.28. The molecule has 0 aliphatic rings. The van der Waals surface area contributed by atoms with Crippen LogP contribution in [0.15, 0.2) is 0 Å². The standard InChI is InChI=1S/C10H23N3/c1-4-6-7-13(8-10(11)12)9(3)5-2/h9H,4-8H2,1-3H3,(H3,11,12). The van der Waals surface area contributed by atoms with Gasteiger partial charge in [0.15, 0.2) is 0 Å². The van der Waals surface area contributed by atoms with E-state index in [1.807, 2.05) is 0 Å². The van der Waals surface area contributed by atoms with Gasteiger partial charge < -0.3 is 5.73 Å². The number of unbranched alkanes of at least 4 members (excludes halogenated alkanes) is 1. The maximum absolute atomic E-state index is 7.26. The average Bonchev–Trinajstić information content (AvgIpc) is 2.10. The summed E-state index contributed by atoms with van der Waals surface area (Å²) < 4.78 is 0. The third-order valence-electron chi connectivity index (χ3n) is 2.39. The molecule has 0 aromatic heterocycles. The number of hydrogen-bond acceptors (Lipinski definition) is 2. The second-order valence-corrected chi connectivity index (χ2v) is 3.61. The first-order chi connectivity index (χ1) is 6.11. The van der Waals surface area contributed by atoms with E-state index in [0.717, 1.165) is 13.0 Å². The molecule has 0 bridgehead atoms. The Hall–Kier alpha value is -0.570. The molecular formula is C10H23N3. The lowest BCUT2D eigenvalue weighted by Crippen LogP contribution is -2.39. The lowest BCUT2D eigenvalue weighted by molar-refractivity contribution is 0.229. The molecule has 3 heteroatoms. The molecule has 0 rings (SSSR count). The van der Waals surface area contributed by atoms with Gasteiger partial charge in [-0.25, -0.2) is 0 Å². The fourth-order valence-corrected chi connectivity index (χ4v) is 1.29. The number of nitrogens with two attached hydrogens (primary N) is 1. The van der Waals surface area contributed by atoms with Gasteiger partial charge in [0.2, 0.25) is 0 Å². The summed E-state index contributed by atoms with van der Waals surface area (Å²) in [5.41, 5.74) is 5.40. The molecule has 13 heavy (non-hydrogen) atoms. The van der Waals surface area contributed by atoms with Gasteiger partial charge in [0.05, 0.1) is 6.54 Å². The van der Waals surface area contributed by atoms with E-state index in [1.54, 1.807) is 0 Å². The van der Waals surface area contributed by atoms with Gasteiger partial charge in [0, 0.05) is 6.04 Å². The van der Waals surface area contributed by atoms with Crippen molar-refractivity contribution in [1.82, 2.24) is 4.90 Å². The number of nitrogens with zero attached hydrogens (tertiary/aromatic N) is 1. The molecule has 0 fully saturated rings. The number of amidine groups is 1. The van der Waals surface area contributed by atoms with Crippen LogP contribution in [-0.2, 0) is 0 Å². The van der Waals surface area contributed by atoms with E-state index in [1.165, 1.54) is 12.8 Å². The predicted octanol–water partition coefficient (Wildman–Crippen LogP) is 1.82. The normalized spacial score (nSPS) is 13.2. The quantitative estimate of drug-likeness (QED) is 0.469. The summed E-state index contributed by atoms with van der Waals surface area (Å²) in [5.74, 6) is 0.274. The second kappa shape index (κ2) is 6.89. The molecule has 0 aromatic rings. The van der Waals surface area contributed by atoms with Crippen molar-refractivity contribution in [2.45, 2.75) is 46.1 Å². The summed E-state index contributed by atoms with van der Waals surface area (Å²) in [7, 11) is 0. The molecule has 3 N–H and O–H groups in total. The van der Waals surface area contributed by atoms with Crippen LogP contribution in [0.3, 0.4) is 0 Å². The Labute approximate surface area is 81.8 Å². The van der Waals surface area contributed by atoms with E-state index >= 15 is 0 Å². The van der Waals surface area contributed by atoms with Gasteiger partial charge in [0.1, 0.15) is 5.84 Å². The van der Waals surface area contributed by atoms with Crippen LogP contribution >= 0.6 is 0 Å². The van der Waals surface area contributed by atoms with Gasteiger partial charge in [-0.3, -0.25) is 10.3 Å². The van der Waals surface area contributed by atoms with Crippen molar-refractivity contribution in [3.05, 3.63) is 0 Å². The Kier molecular flexibility index (Phi) is 6.59. The summed E-state index contributed by atoms with van der Waals surface area (Å²) in [6, 6.07) is 0.537. The zero-order valence-electron chi connectivity index (χ0n) is 9.14.